The van der Waals surface area contributed by atoms with Gasteiger partial charge in [0.1, 0.15) is 6.29 Å². The number of nitrogens with zero attached hydrogens (tertiary/aromatic N) is 4. The Morgan fingerprint density at radius 2 is 2.15 bits per heavy atom. The van der Waals surface area contributed by atoms with Crippen LogP contribution in [-0.2, 0) is 21.1 Å². The molecule has 0 N–H and O–H groups in total. The maximum atomic E-state index is 10.6. The van der Waals surface area contributed by atoms with Gasteiger partial charge in [-0.3, -0.25) is 0 Å². The topological polar surface area (TPSA) is 67.8 Å². The van der Waals surface area contributed by atoms with Crippen molar-refractivity contribution in [1.82, 2.24) is 15.0 Å². The standard InChI is InChI=1S/C13H20N4O3/c1-3-4-17(20-16-7-12(8-16)9-18)13-14-5-11(6-15-13)10-19-2/h5-6,9,12H,3-4,7-8,10H2,1-2H3. The minimum Gasteiger partial charge on any atom is -0.380 e. The molecule has 1 aromatic rings. The van der Waals surface area contributed by atoms with E-state index < -0.39 is 0 Å². The monoisotopic (exact) mass is 280 g/mol. The summed E-state index contributed by atoms with van der Waals surface area (Å²) in [7, 11) is 1.63. The van der Waals surface area contributed by atoms with Crippen LogP contribution in [0.15, 0.2) is 12.4 Å². The van der Waals surface area contributed by atoms with Crippen LogP contribution in [0.2, 0.25) is 0 Å². The van der Waals surface area contributed by atoms with E-state index in [1.54, 1.807) is 29.6 Å². The van der Waals surface area contributed by atoms with Crippen LogP contribution < -0.4 is 5.06 Å². The molecule has 0 amide bonds. The first-order valence-electron chi connectivity index (χ1n) is 6.72. The number of ether oxygens (including phenoxy) is 1. The molecular formula is C13H20N4O3. The molecule has 0 spiro atoms. The van der Waals surface area contributed by atoms with Crippen LogP contribution in [0, 0.1) is 5.92 Å². The van der Waals surface area contributed by atoms with Gasteiger partial charge in [-0.1, -0.05) is 6.92 Å². The van der Waals surface area contributed by atoms with Crippen LogP contribution >= 0.6 is 0 Å². The van der Waals surface area contributed by atoms with E-state index in [0.29, 0.717) is 32.2 Å². The number of rotatable bonds is 8. The summed E-state index contributed by atoms with van der Waals surface area (Å²) >= 11 is 0. The van der Waals surface area contributed by atoms with Crippen LogP contribution in [0.5, 0.6) is 0 Å². The maximum Gasteiger partial charge on any atom is 0.251 e. The number of hydroxylamine groups is 3. The Labute approximate surface area is 118 Å². The van der Waals surface area contributed by atoms with Crippen molar-refractivity contribution in [1.29, 1.82) is 0 Å². The molecule has 0 saturated carbocycles. The fraction of sp³-hybridized carbons (Fsp3) is 0.615. The molecule has 110 valence electrons. The van der Waals surface area contributed by atoms with Crippen LogP contribution in [0.1, 0.15) is 18.9 Å². The van der Waals surface area contributed by atoms with Crippen molar-refractivity contribution in [2.24, 2.45) is 5.92 Å². The minimum absolute atomic E-state index is 0.0727. The zero-order valence-corrected chi connectivity index (χ0v) is 11.9. The lowest BCUT2D eigenvalue weighted by Crippen LogP contribution is -2.51. The highest BCUT2D eigenvalue weighted by atomic mass is 16.8. The number of aldehydes is 1. The first-order valence-corrected chi connectivity index (χ1v) is 6.72. The Morgan fingerprint density at radius 3 is 2.70 bits per heavy atom. The highest BCUT2D eigenvalue weighted by Gasteiger charge is 2.29. The van der Waals surface area contributed by atoms with Gasteiger partial charge in [-0.15, -0.1) is 0 Å². The highest BCUT2D eigenvalue weighted by Crippen LogP contribution is 2.17. The third kappa shape index (κ3) is 3.72. The van der Waals surface area contributed by atoms with Crippen LogP contribution in [0.3, 0.4) is 0 Å². The molecular weight excluding hydrogens is 260 g/mol. The Morgan fingerprint density at radius 1 is 1.45 bits per heavy atom. The van der Waals surface area contributed by atoms with Crippen LogP contribution in [0.4, 0.5) is 5.95 Å². The van der Waals surface area contributed by atoms with Gasteiger partial charge in [0.2, 0.25) is 0 Å². The summed E-state index contributed by atoms with van der Waals surface area (Å²) in [5.74, 6) is 0.588. The zero-order chi connectivity index (χ0) is 14.4. The molecule has 2 rings (SSSR count). The molecule has 1 aliphatic heterocycles. The van der Waals surface area contributed by atoms with Gasteiger partial charge in [0.25, 0.3) is 5.95 Å². The minimum atomic E-state index is 0.0727. The maximum absolute atomic E-state index is 10.6. The van der Waals surface area contributed by atoms with Gasteiger partial charge in [0, 0.05) is 44.1 Å². The Bertz CT molecular complexity index is 420. The van der Waals surface area contributed by atoms with E-state index in [1.807, 2.05) is 0 Å². The molecule has 0 aliphatic carbocycles. The van der Waals surface area contributed by atoms with Gasteiger partial charge >= 0.3 is 0 Å². The predicted molar refractivity (Wildman–Crippen MR) is 72.6 cm³/mol. The lowest BCUT2D eigenvalue weighted by atomic mass is 10.1. The molecule has 1 aromatic heterocycles. The Balaban J connectivity index is 1.95. The first kappa shape index (κ1) is 14.8. The normalized spacial score (nSPS) is 15.9. The van der Waals surface area contributed by atoms with Crippen molar-refractivity contribution in [3.63, 3.8) is 0 Å². The molecule has 1 saturated heterocycles. The molecule has 0 unspecified atom stereocenters. The van der Waals surface area contributed by atoms with Crippen LogP contribution in [0.25, 0.3) is 0 Å². The number of methoxy groups -OCH3 is 1. The lowest BCUT2D eigenvalue weighted by molar-refractivity contribution is -0.225. The summed E-state index contributed by atoms with van der Waals surface area (Å²) in [4.78, 5) is 24.8. The highest BCUT2D eigenvalue weighted by molar-refractivity contribution is 5.55. The zero-order valence-electron chi connectivity index (χ0n) is 11.9. The van der Waals surface area contributed by atoms with Gasteiger partial charge in [-0.05, 0) is 6.42 Å². The van der Waals surface area contributed by atoms with E-state index in [9.17, 15) is 4.79 Å². The van der Waals surface area contributed by atoms with Crippen LogP contribution in [-0.4, -0.2) is 48.1 Å². The van der Waals surface area contributed by atoms with Gasteiger partial charge in [-0.2, -0.15) is 15.1 Å². The average Bonchev–Trinajstić information content (AvgIpc) is 2.42. The number of anilines is 1. The molecule has 0 bridgehead atoms. The van der Waals surface area contributed by atoms with Crippen molar-refractivity contribution >= 4 is 12.2 Å². The van der Waals surface area contributed by atoms with Gasteiger partial charge < -0.3 is 9.53 Å². The SMILES string of the molecule is CCCN(ON1CC(C=O)C1)c1ncc(COC)cn1. The fourth-order valence-corrected chi connectivity index (χ4v) is 1.86. The summed E-state index contributed by atoms with van der Waals surface area (Å²) in [5.41, 5.74) is 0.915. The Hall–Kier alpha value is -1.57. The molecule has 20 heavy (non-hydrogen) atoms. The van der Waals surface area contributed by atoms with Crippen molar-refractivity contribution in [2.45, 2.75) is 20.0 Å². The second kappa shape index (κ2) is 7.28. The molecule has 1 fully saturated rings. The smallest absolute Gasteiger partial charge is 0.251 e. The Kier molecular flexibility index (Phi) is 5.40. The number of carbonyl (C=O) groups is 1. The van der Waals surface area contributed by atoms with E-state index >= 15 is 0 Å². The van der Waals surface area contributed by atoms with E-state index in [4.69, 9.17) is 9.68 Å². The summed E-state index contributed by atoms with van der Waals surface area (Å²) in [6, 6.07) is 0. The summed E-state index contributed by atoms with van der Waals surface area (Å²) in [6.45, 7) is 4.46. The number of hydrogen-bond donors (Lipinski definition) is 0. The first-order chi connectivity index (χ1) is 9.76. The number of aromatic nitrogens is 2. The molecule has 1 aliphatic rings. The van der Waals surface area contributed by atoms with Crippen molar-refractivity contribution in [2.75, 3.05) is 31.8 Å². The summed E-state index contributed by atoms with van der Waals surface area (Å²) in [5, 5.41) is 3.39. The number of hydrogen-bond acceptors (Lipinski definition) is 7. The number of carbonyl (C=O) groups excluding carboxylic acids is 1. The summed E-state index contributed by atoms with van der Waals surface area (Å²) < 4.78 is 5.02. The van der Waals surface area contributed by atoms with Gasteiger partial charge in [-0.25, -0.2) is 9.97 Å². The van der Waals surface area contributed by atoms with Crippen molar-refractivity contribution in [3.8, 4) is 0 Å². The second-order valence-electron chi connectivity index (χ2n) is 4.75. The largest absolute Gasteiger partial charge is 0.380 e. The van der Waals surface area contributed by atoms with Gasteiger partial charge in [0.05, 0.1) is 13.2 Å². The van der Waals surface area contributed by atoms with E-state index in [2.05, 4.69) is 16.9 Å². The van der Waals surface area contributed by atoms with E-state index in [1.165, 1.54) is 0 Å². The lowest BCUT2D eigenvalue weighted by Gasteiger charge is -2.37. The van der Waals surface area contributed by atoms with Crippen molar-refractivity contribution in [3.05, 3.63) is 18.0 Å². The quantitative estimate of drug-likeness (QED) is 0.515. The van der Waals surface area contributed by atoms with E-state index in [-0.39, 0.29) is 5.92 Å². The van der Waals surface area contributed by atoms with E-state index in [0.717, 1.165) is 18.3 Å². The molecule has 7 heteroatoms. The third-order valence-corrected chi connectivity index (χ3v) is 2.94. The molecule has 2 heterocycles. The second-order valence-corrected chi connectivity index (χ2v) is 4.75. The third-order valence-electron chi connectivity index (χ3n) is 2.94. The summed E-state index contributed by atoms with van der Waals surface area (Å²) in [6.07, 6.45) is 5.32. The van der Waals surface area contributed by atoms with Crippen molar-refractivity contribution < 1.29 is 14.5 Å². The molecule has 0 radical (unpaired) electrons. The molecule has 7 nitrogen and oxygen atoms in total. The molecule has 0 aromatic carbocycles. The molecule has 0 atom stereocenters. The fourth-order valence-electron chi connectivity index (χ4n) is 1.86. The average molecular weight is 280 g/mol. The van der Waals surface area contributed by atoms with Gasteiger partial charge in [0.15, 0.2) is 0 Å². The predicted octanol–water partition coefficient (Wildman–Crippen LogP) is 0.817.